The number of para-hydroxylation sites is 3. The van der Waals surface area contributed by atoms with Gasteiger partial charge in [-0.25, -0.2) is 0 Å². The number of nitrogens with zero attached hydrogens (tertiary/aromatic N) is 1. The summed E-state index contributed by atoms with van der Waals surface area (Å²) in [6.45, 7) is 1.67. The first-order valence-corrected chi connectivity index (χ1v) is 7.16. The summed E-state index contributed by atoms with van der Waals surface area (Å²) < 4.78 is 16.4. The molecule has 114 valence electrons. The van der Waals surface area contributed by atoms with Gasteiger partial charge in [0.2, 0.25) is 0 Å². The molecule has 5 nitrogen and oxygen atoms in total. The lowest BCUT2D eigenvalue weighted by molar-refractivity contribution is 0.146. The summed E-state index contributed by atoms with van der Waals surface area (Å²) >= 11 is 0. The zero-order chi connectivity index (χ0) is 15.2. The van der Waals surface area contributed by atoms with Crippen LogP contribution < -0.4 is 10.1 Å². The molecule has 2 aromatic carbocycles. The minimum absolute atomic E-state index is 0.507. The topological polar surface area (TPSA) is 56.5 Å². The fourth-order valence-electron chi connectivity index (χ4n) is 2.14. The molecule has 0 atom stereocenters. The number of fused-ring (bicyclic) bond motifs is 1. The van der Waals surface area contributed by atoms with E-state index in [1.54, 1.807) is 7.11 Å². The van der Waals surface area contributed by atoms with Crippen molar-refractivity contribution in [1.29, 1.82) is 0 Å². The Hall–Kier alpha value is -2.53. The van der Waals surface area contributed by atoms with E-state index in [0.29, 0.717) is 25.8 Å². The van der Waals surface area contributed by atoms with Crippen molar-refractivity contribution in [2.45, 2.75) is 6.54 Å². The highest BCUT2D eigenvalue weighted by Crippen LogP contribution is 2.22. The molecule has 0 aliphatic rings. The Morgan fingerprint density at radius 3 is 2.73 bits per heavy atom. The van der Waals surface area contributed by atoms with Gasteiger partial charge in [0.05, 0.1) is 6.61 Å². The highest BCUT2D eigenvalue weighted by molar-refractivity contribution is 5.74. The molecule has 1 aromatic heterocycles. The number of hydrogen-bond donors (Lipinski definition) is 1. The molecule has 0 aliphatic heterocycles. The molecule has 0 amide bonds. The van der Waals surface area contributed by atoms with E-state index in [9.17, 15) is 0 Å². The Balaban J connectivity index is 1.67. The largest absolute Gasteiger partial charge is 0.491 e. The highest BCUT2D eigenvalue weighted by atomic mass is 16.5. The Kier molecular flexibility index (Phi) is 4.56. The normalized spacial score (nSPS) is 10.8. The van der Waals surface area contributed by atoms with Gasteiger partial charge in [-0.15, -0.1) is 0 Å². The number of oxazole rings is 1. The average molecular weight is 298 g/mol. The van der Waals surface area contributed by atoms with E-state index < -0.39 is 0 Å². The minimum Gasteiger partial charge on any atom is -0.491 e. The Morgan fingerprint density at radius 1 is 1.05 bits per heavy atom. The molecule has 0 aliphatic carbocycles. The van der Waals surface area contributed by atoms with Crippen LogP contribution in [0.4, 0.5) is 6.01 Å². The van der Waals surface area contributed by atoms with Crippen molar-refractivity contribution < 1.29 is 13.9 Å². The van der Waals surface area contributed by atoms with Crippen LogP contribution in [-0.4, -0.2) is 25.3 Å². The van der Waals surface area contributed by atoms with Crippen LogP contribution >= 0.6 is 0 Å². The summed E-state index contributed by atoms with van der Waals surface area (Å²) in [4.78, 5) is 4.39. The predicted molar refractivity (Wildman–Crippen MR) is 85.1 cm³/mol. The van der Waals surface area contributed by atoms with Gasteiger partial charge in [0.25, 0.3) is 6.01 Å². The standard InChI is InChI=1S/C17H18N2O3/c1-20-10-11-21-15-8-4-2-6-13(15)12-18-17-19-14-7-3-5-9-16(14)22-17/h2-9H,10-12H2,1H3,(H,18,19). The summed E-state index contributed by atoms with van der Waals surface area (Å²) in [6, 6.07) is 16.1. The van der Waals surface area contributed by atoms with Gasteiger partial charge in [-0.1, -0.05) is 30.3 Å². The number of aromatic nitrogens is 1. The maximum atomic E-state index is 5.71. The molecule has 0 saturated carbocycles. The lowest BCUT2D eigenvalue weighted by atomic mass is 10.2. The van der Waals surface area contributed by atoms with Crippen LogP contribution in [0.15, 0.2) is 52.9 Å². The smallest absolute Gasteiger partial charge is 0.295 e. The summed E-state index contributed by atoms with van der Waals surface area (Å²) in [5.74, 6) is 0.836. The summed E-state index contributed by atoms with van der Waals surface area (Å²) in [6.07, 6.45) is 0. The predicted octanol–water partition coefficient (Wildman–Crippen LogP) is 3.47. The Morgan fingerprint density at radius 2 is 1.86 bits per heavy atom. The molecule has 1 N–H and O–H groups in total. The number of ether oxygens (including phenoxy) is 2. The number of nitrogens with one attached hydrogen (secondary N) is 1. The van der Waals surface area contributed by atoms with Gasteiger partial charge in [0.1, 0.15) is 17.9 Å². The van der Waals surface area contributed by atoms with Crippen LogP contribution in [-0.2, 0) is 11.3 Å². The second kappa shape index (κ2) is 6.95. The van der Waals surface area contributed by atoms with Crippen LogP contribution in [0.5, 0.6) is 5.75 Å². The van der Waals surface area contributed by atoms with Crippen molar-refractivity contribution in [2.24, 2.45) is 0 Å². The van der Waals surface area contributed by atoms with E-state index in [1.165, 1.54) is 0 Å². The van der Waals surface area contributed by atoms with Gasteiger partial charge in [0.15, 0.2) is 5.58 Å². The number of hydrogen-bond acceptors (Lipinski definition) is 5. The molecule has 0 fully saturated rings. The van der Waals surface area contributed by atoms with Crippen LogP contribution in [0, 0.1) is 0 Å². The van der Waals surface area contributed by atoms with Crippen molar-refractivity contribution in [1.82, 2.24) is 4.98 Å². The summed E-state index contributed by atoms with van der Waals surface area (Å²) in [5, 5.41) is 3.19. The lowest BCUT2D eigenvalue weighted by Gasteiger charge is -2.11. The van der Waals surface area contributed by atoms with Crippen molar-refractivity contribution in [3.8, 4) is 5.75 Å². The summed E-state index contributed by atoms with van der Waals surface area (Å²) in [5.41, 5.74) is 2.66. The second-order valence-corrected chi connectivity index (χ2v) is 4.79. The fraction of sp³-hybridized carbons (Fsp3) is 0.235. The quantitative estimate of drug-likeness (QED) is 0.677. The third-order valence-corrected chi connectivity index (χ3v) is 3.24. The molecule has 0 spiro atoms. The average Bonchev–Trinajstić information content (AvgIpc) is 2.97. The van der Waals surface area contributed by atoms with E-state index in [2.05, 4.69) is 10.3 Å². The van der Waals surface area contributed by atoms with Crippen LogP contribution in [0.25, 0.3) is 11.1 Å². The van der Waals surface area contributed by atoms with Crippen LogP contribution in [0.2, 0.25) is 0 Å². The molecule has 5 heteroatoms. The van der Waals surface area contributed by atoms with Gasteiger partial charge >= 0.3 is 0 Å². The van der Waals surface area contributed by atoms with E-state index >= 15 is 0 Å². The van der Waals surface area contributed by atoms with Gasteiger partial charge in [-0.3, -0.25) is 0 Å². The van der Waals surface area contributed by atoms with Crippen LogP contribution in [0.1, 0.15) is 5.56 Å². The van der Waals surface area contributed by atoms with E-state index in [0.717, 1.165) is 22.4 Å². The van der Waals surface area contributed by atoms with Gasteiger partial charge in [-0.05, 0) is 18.2 Å². The highest BCUT2D eigenvalue weighted by Gasteiger charge is 2.07. The Labute approximate surface area is 128 Å². The molecular weight excluding hydrogens is 280 g/mol. The fourth-order valence-corrected chi connectivity index (χ4v) is 2.14. The van der Waals surface area contributed by atoms with Crippen molar-refractivity contribution in [2.75, 3.05) is 25.6 Å². The van der Waals surface area contributed by atoms with Crippen molar-refractivity contribution in [3.63, 3.8) is 0 Å². The first kappa shape index (κ1) is 14.4. The SMILES string of the molecule is COCCOc1ccccc1CNc1nc2ccccc2o1. The van der Waals surface area contributed by atoms with E-state index in [-0.39, 0.29) is 0 Å². The monoisotopic (exact) mass is 298 g/mol. The molecule has 0 radical (unpaired) electrons. The van der Waals surface area contributed by atoms with Crippen LogP contribution in [0.3, 0.4) is 0 Å². The minimum atomic E-state index is 0.507. The third-order valence-electron chi connectivity index (χ3n) is 3.24. The molecule has 1 heterocycles. The zero-order valence-electron chi connectivity index (χ0n) is 12.4. The first-order valence-electron chi connectivity index (χ1n) is 7.16. The van der Waals surface area contributed by atoms with Crippen molar-refractivity contribution in [3.05, 3.63) is 54.1 Å². The number of rotatable bonds is 7. The summed E-state index contributed by atoms with van der Waals surface area (Å²) in [7, 11) is 1.66. The number of anilines is 1. The van der Waals surface area contributed by atoms with Gasteiger partial charge in [0, 0.05) is 19.2 Å². The maximum Gasteiger partial charge on any atom is 0.295 e. The van der Waals surface area contributed by atoms with Gasteiger partial charge in [-0.2, -0.15) is 4.98 Å². The molecule has 0 saturated heterocycles. The third kappa shape index (κ3) is 3.38. The van der Waals surface area contributed by atoms with Gasteiger partial charge < -0.3 is 19.2 Å². The molecule has 3 rings (SSSR count). The molecular formula is C17H18N2O3. The Bertz CT molecular complexity index is 706. The zero-order valence-corrected chi connectivity index (χ0v) is 12.4. The lowest BCUT2D eigenvalue weighted by Crippen LogP contribution is -2.07. The van der Waals surface area contributed by atoms with Crippen molar-refractivity contribution >= 4 is 17.1 Å². The maximum absolute atomic E-state index is 5.71. The second-order valence-electron chi connectivity index (χ2n) is 4.79. The van der Waals surface area contributed by atoms with E-state index in [4.69, 9.17) is 13.9 Å². The first-order chi connectivity index (χ1) is 10.9. The van der Waals surface area contributed by atoms with E-state index in [1.807, 2.05) is 48.5 Å². The molecule has 22 heavy (non-hydrogen) atoms. The molecule has 3 aromatic rings. The molecule has 0 unspecified atom stereocenters. The number of benzene rings is 2. The number of methoxy groups -OCH3 is 1. The molecule has 0 bridgehead atoms.